The van der Waals surface area contributed by atoms with Crippen LogP contribution < -0.4 is 5.32 Å². The van der Waals surface area contributed by atoms with E-state index in [2.05, 4.69) is 44.5 Å². The predicted molar refractivity (Wildman–Crippen MR) is 76.8 cm³/mol. The van der Waals surface area contributed by atoms with Gasteiger partial charge in [0.1, 0.15) is 0 Å². The van der Waals surface area contributed by atoms with Gasteiger partial charge in [-0.1, -0.05) is 11.6 Å². The van der Waals surface area contributed by atoms with E-state index in [1.54, 1.807) is 0 Å². The Morgan fingerprint density at radius 3 is 2.82 bits per heavy atom. The fraction of sp³-hybridized carbons (Fsp3) is 0.273. The number of rotatable bonds is 3. The Morgan fingerprint density at radius 2 is 2.18 bits per heavy atom. The van der Waals surface area contributed by atoms with Crippen LogP contribution in [0.2, 0.25) is 5.02 Å². The lowest BCUT2D eigenvalue weighted by molar-refractivity contribution is 0.896. The lowest BCUT2D eigenvalue weighted by Crippen LogP contribution is -2.08. The molecule has 1 heterocycles. The van der Waals surface area contributed by atoms with Gasteiger partial charge in [-0.05, 0) is 48.0 Å². The van der Waals surface area contributed by atoms with E-state index in [0.29, 0.717) is 11.1 Å². The van der Waals surface area contributed by atoms with Crippen LogP contribution in [0.4, 0.5) is 5.13 Å². The fourth-order valence-corrected chi connectivity index (χ4v) is 2.51. The molecule has 90 valence electrons. The maximum Gasteiger partial charge on any atom is 0.203 e. The second-order valence-corrected chi connectivity index (χ2v) is 5.86. The minimum atomic E-state index is 0.354. The SMILES string of the molecule is CC(C)Nc1nc(-c2ccc(Cl)c(Br)c2)ns1. The van der Waals surface area contributed by atoms with Crippen molar-refractivity contribution in [3.05, 3.63) is 27.7 Å². The molecule has 0 spiro atoms. The number of aromatic nitrogens is 2. The molecule has 2 aromatic rings. The molecule has 0 saturated heterocycles. The molecule has 0 aliphatic heterocycles. The van der Waals surface area contributed by atoms with E-state index in [-0.39, 0.29) is 0 Å². The highest BCUT2D eigenvalue weighted by Gasteiger charge is 2.08. The van der Waals surface area contributed by atoms with Crippen LogP contribution in [0.5, 0.6) is 0 Å². The number of benzene rings is 1. The standard InChI is InChI=1S/C11H11BrClN3S/c1-6(2)14-11-15-10(16-17-11)7-3-4-9(13)8(12)5-7/h3-6H,1-2H3,(H,14,15,16). The zero-order valence-corrected chi connectivity index (χ0v) is 12.5. The van der Waals surface area contributed by atoms with Crippen LogP contribution in [-0.2, 0) is 0 Å². The third-order valence-electron chi connectivity index (χ3n) is 2.02. The largest absolute Gasteiger partial charge is 0.358 e. The molecule has 0 saturated carbocycles. The van der Waals surface area contributed by atoms with Crippen LogP contribution in [0.1, 0.15) is 13.8 Å². The molecule has 1 aromatic heterocycles. The quantitative estimate of drug-likeness (QED) is 0.903. The lowest BCUT2D eigenvalue weighted by Gasteiger charge is -2.03. The molecular formula is C11H11BrClN3S. The van der Waals surface area contributed by atoms with Crippen molar-refractivity contribution in [3.8, 4) is 11.4 Å². The third-order valence-corrected chi connectivity index (χ3v) is 3.88. The van der Waals surface area contributed by atoms with Crippen molar-refractivity contribution in [1.82, 2.24) is 9.36 Å². The minimum absolute atomic E-state index is 0.354. The van der Waals surface area contributed by atoms with Crippen molar-refractivity contribution in [2.45, 2.75) is 19.9 Å². The van der Waals surface area contributed by atoms with Crippen LogP contribution in [0, 0.1) is 0 Å². The van der Waals surface area contributed by atoms with Gasteiger partial charge in [-0.3, -0.25) is 0 Å². The van der Waals surface area contributed by atoms with Crippen molar-refractivity contribution in [1.29, 1.82) is 0 Å². The summed E-state index contributed by atoms with van der Waals surface area (Å²) in [5.74, 6) is 0.718. The average Bonchev–Trinajstić information content (AvgIpc) is 2.69. The summed E-state index contributed by atoms with van der Waals surface area (Å²) in [6.45, 7) is 4.14. The van der Waals surface area contributed by atoms with E-state index < -0.39 is 0 Å². The zero-order valence-electron chi connectivity index (χ0n) is 9.37. The molecule has 0 fully saturated rings. The summed E-state index contributed by atoms with van der Waals surface area (Å²) >= 11 is 10.7. The molecule has 2 rings (SSSR count). The van der Waals surface area contributed by atoms with E-state index in [9.17, 15) is 0 Å². The predicted octanol–water partition coefficient (Wildman–Crippen LogP) is 4.44. The smallest absolute Gasteiger partial charge is 0.203 e. The maximum absolute atomic E-state index is 5.94. The van der Waals surface area contributed by atoms with Gasteiger partial charge >= 0.3 is 0 Å². The van der Waals surface area contributed by atoms with Crippen molar-refractivity contribution in [2.24, 2.45) is 0 Å². The lowest BCUT2D eigenvalue weighted by atomic mass is 10.2. The second-order valence-electron chi connectivity index (χ2n) is 3.85. The van der Waals surface area contributed by atoms with Crippen LogP contribution >= 0.6 is 39.1 Å². The normalized spacial score (nSPS) is 10.9. The first-order valence-electron chi connectivity index (χ1n) is 5.12. The van der Waals surface area contributed by atoms with Crippen LogP contribution in [0.25, 0.3) is 11.4 Å². The Balaban J connectivity index is 2.27. The molecule has 0 bridgehead atoms. The number of nitrogens with zero attached hydrogens (tertiary/aromatic N) is 2. The molecule has 1 aromatic carbocycles. The molecule has 17 heavy (non-hydrogen) atoms. The number of halogens is 2. The van der Waals surface area contributed by atoms with E-state index in [1.165, 1.54) is 11.5 Å². The molecule has 0 radical (unpaired) electrons. The van der Waals surface area contributed by atoms with E-state index in [1.807, 2.05) is 18.2 Å². The van der Waals surface area contributed by atoms with Crippen molar-refractivity contribution in [3.63, 3.8) is 0 Å². The monoisotopic (exact) mass is 331 g/mol. The maximum atomic E-state index is 5.94. The van der Waals surface area contributed by atoms with Gasteiger partial charge in [0.25, 0.3) is 0 Å². The Hall–Kier alpha value is -0.650. The number of anilines is 1. The van der Waals surface area contributed by atoms with E-state index >= 15 is 0 Å². The van der Waals surface area contributed by atoms with E-state index in [0.717, 1.165) is 21.0 Å². The molecule has 3 nitrogen and oxygen atoms in total. The fourth-order valence-electron chi connectivity index (χ4n) is 1.28. The molecule has 0 atom stereocenters. The average molecular weight is 333 g/mol. The molecule has 0 unspecified atom stereocenters. The third kappa shape index (κ3) is 3.18. The van der Waals surface area contributed by atoms with Gasteiger partial charge in [0, 0.05) is 27.6 Å². The number of nitrogens with one attached hydrogen (secondary N) is 1. The number of hydrogen-bond acceptors (Lipinski definition) is 4. The highest BCUT2D eigenvalue weighted by Crippen LogP contribution is 2.28. The second kappa shape index (κ2) is 5.33. The summed E-state index contributed by atoms with van der Waals surface area (Å²) in [7, 11) is 0. The van der Waals surface area contributed by atoms with Gasteiger partial charge in [0.2, 0.25) is 5.13 Å². The first-order chi connectivity index (χ1) is 8.06. The molecule has 0 aliphatic carbocycles. The first-order valence-corrected chi connectivity index (χ1v) is 7.06. The minimum Gasteiger partial charge on any atom is -0.358 e. The van der Waals surface area contributed by atoms with Crippen molar-refractivity contribution >= 4 is 44.2 Å². The summed E-state index contributed by atoms with van der Waals surface area (Å²) in [6.07, 6.45) is 0. The van der Waals surface area contributed by atoms with Gasteiger partial charge in [0.15, 0.2) is 5.82 Å². The highest BCUT2D eigenvalue weighted by molar-refractivity contribution is 9.10. The Labute approximate surface area is 118 Å². The Bertz CT molecular complexity index is 527. The molecule has 6 heteroatoms. The van der Waals surface area contributed by atoms with Crippen molar-refractivity contribution in [2.75, 3.05) is 5.32 Å². The molecular weight excluding hydrogens is 322 g/mol. The highest BCUT2D eigenvalue weighted by atomic mass is 79.9. The summed E-state index contributed by atoms with van der Waals surface area (Å²) in [6, 6.07) is 6.02. The van der Waals surface area contributed by atoms with Crippen LogP contribution in [0.3, 0.4) is 0 Å². The van der Waals surface area contributed by atoms with E-state index in [4.69, 9.17) is 11.6 Å². The topological polar surface area (TPSA) is 37.8 Å². The van der Waals surface area contributed by atoms with Gasteiger partial charge < -0.3 is 5.32 Å². The molecule has 1 N–H and O–H groups in total. The van der Waals surface area contributed by atoms with Gasteiger partial charge in [0.05, 0.1) is 5.02 Å². The van der Waals surface area contributed by atoms with Gasteiger partial charge in [-0.25, -0.2) is 0 Å². The summed E-state index contributed by atoms with van der Waals surface area (Å²) in [4.78, 5) is 4.42. The zero-order chi connectivity index (χ0) is 12.4. The summed E-state index contributed by atoms with van der Waals surface area (Å²) in [5, 5.41) is 4.75. The number of hydrogen-bond donors (Lipinski definition) is 1. The van der Waals surface area contributed by atoms with Gasteiger partial charge in [-0.2, -0.15) is 9.36 Å². The Kier molecular flexibility index (Phi) is 4.01. The van der Waals surface area contributed by atoms with Crippen LogP contribution in [-0.4, -0.2) is 15.4 Å². The molecule has 0 aliphatic rings. The summed E-state index contributed by atoms with van der Waals surface area (Å²) < 4.78 is 5.17. The van der Waals surface area contributed by atoms with Crippen LogP contribution in [0.15, 0.2) is 22.7 Å². The van der Waals surface area contributed by atoms with Gasteiger partial charge in [-0.15, -0.1) is 0 Å². The first kappa shape index (κ1) is 12.8. The summed E-state index contributed by atoms with van der Waals surface area (Å²) in [5.41, 5.74) is 0.953. The van der Waals surface area contributed by atoms with Crippen molar-refractivity contribution < 1.29 is 0 Å². The Morgan fingerprint density at radius 1 is 1.41 bits per heavy atom. The molecule has 0 amide bonds.